The third kappa shape index (κ3) is 2.29. The van der Waals surface area contributed by atoms with Crippen LogP contribution in [0.4, 0.5) is 0 Å². The molecule has 0 atom stereocenters. The van der Waals surface area contributed by atoms with E-state index in [9.17, 15) is 5.11 Å². The van der Waals surface area contributed by atoms with Gasteiger partial charge in [0.05, 0.1) is 0 Å². The summed E-state index contributed by atoms with van der Waals surface area (Å²) in [5.41, 5.74) is 0.264. The average molecular weight is 197 g/mol. The van der Waals surface area contributed by atoms with Crippen molar-refractivity contribution in [1.82, 2.24) is 4.90 Å². The zero-order valence-corrected chi connectivity index (χ0v) is 9.34. The molecule has 0 amide bonds. The highest BCUT2D eigenvalue weighted by atomic mass is 16.3. The van der Waals surface area contributed by atoms with Gasteiger partial charge in [-0.2, -0.15) is 0 Å². The summed E-state index contributed by atoms with van der Waals surface area (Å²) in [7, 11) is 0. The summed E-state index contributed by atoms with van der Waals surface area (Å²) in [6.07, 6.45) is 6.45. The van der Waals surface area contributed by atoms with Gasteiger partial charge in [-0.25, -0.2) is 0 Å². The predicted octanol–water partition coefficient (Wildman–Crippen LogP) is 1.88. The first-order chi connectivity index (χ1) is 6.78. The predicted molar refractivity (Wildman–Crippen MR) is 58.2 cm³/mol. The molecule has 1 N–H and O–H groups in total. The standard InChI is InChI=1S/C12H23NO/c1-2-12(10-14)5-7-13(8-6-12)9-11-3-4-11/h11,14H,2-10H2,1H3. The van der Waals surface area contributed by atoms with Gasteiger partial charge >= 0.3 is 0 Å². The van der Waals surface area contributed by atoms with Crippen molar-refractivity contribution in [2.45, 2.75) is 39.0 Å². The molecule has 2 nitrogen and oxygen atoms in total. The van der Waals surface area contributed by atoms with E-state index in [1.807, 2.05) is 0 Å². The number of rotatable bonds is 4. The molecule has 0 aromatic heterocycles. The van der Waals surface area contributed by atoms with Crippen molar-refractivity contribution in [1.29, 1.82) is 0 Å². The van der Waals surface area contributed by atoms with E-state index in [0.29, 0.717) is 6.61 Å². The van der Waals surface area contributed by atoms with Crippen LogP contribution in [-0.4, -0.2) is 36.2 Å². The van der Waals surface area contributed by atoms with Crippen molar-refractivity contribution in [3.8, 4) is 0 Å². The van der Waals surface area contributed by atoms with E-state index in [0.717, 1.165) is 12.3 Å². The molecule has 1 heterocycles. The van der Waals surface area contributed by atoms with E-state index in [2.05, 4.69) is 11.8 Å². The molecule has 1 aliphatic heterocycles. The molecular weight excluding hydrogens is 174 g/mol. The Kier molecular flexibility index (Phi) is 3.13. The van der Waals surface area contributed by atoms with Crippen LogP contribution in [0.25, 0.3) is 0 Å². The Balaban J connectivity index is 1.77. The maximum absolute atomic E-state index is 9.40. The SMILES string of the molecule is CCC1(CO)CCN(CC2CC2)CC1. The molecule has 0 aromatic rings. The van der Waals surface area contributed by atoms with Crippen molar-refractivity contribution in [3.05, 3.63) is 0 Å². The Hall–Kier alpha value is -0.0800. The van der Waals surface area contributed by atoms with E-state index in [4.69, 9.17) is 0 Å². The highest BCUT2D eigenvalue weighted by molar-refractivity contribution is 4.86. The van der Waals surface area contributed by atoms with Gasteiger partial charge in [0.15, 0.2) is 0 Å². The van der Waals surface area contributed by atoms with E-state index in [-0.39, 0.29) is 5.41 Å². The Bertz CT molecular complexity index is 175. The van der Waals surface area contributed by atoms with E-state index in [1.165, 1.54) is 45.3 Å². The van der Waals surface area contributed by atoms with Gasteiger partial charge in [-0.1, -0.05) is 6.92 Å². The van der Waals surface area contributed by atoms with Crippen LogP contribution in [-0.2, 0) is 0 Å². The molecule has 82 valence electrons. The molecule has 0 radical (unpaired) electrons. The molecule has 1 aliphatic carbocycles. The highest BCUT2D eigenvalue weighted by Crippen LogP contribution is 2.36. The monoisotopic (exact) mass is 197 g/mol. The highest BCUT2D eigenvalue weighted by Gasteiger charge is 2.34. The van der Waals surface area contributed by atoms with Crippen LogP contribution in [0, 0.1) is 11.3 Å². The molecule has 2 aliphatic rings. The quantitative estimate of drug-likeness (QED) is 0.744. The minimum Gasteiger partial charge on any atom is -0.396 e. The van der Waals surface area contributed by atoms with Crippen LogP contribution in [0.5, 0.6) is 0 Å². The molecular formula is C12H23NO. The molecule has 0 spiro atoms. The summed E-state index contributed by atoms with van der Waals surface area (Å²) in [4.78, 5) is 2.60. The number of aliphatic hydroxyl groups excluding tert-OH is 1. The van der Waals surface area contributed by atoms with Crippen molar-refractivity contribution >= 4 is 0 Å². The number of aliphatic hydroxyl groups is 1. The zero-order chi connectivity index (χ0) is 10.0. The Morgan fingerprint density at radius 3 is 2.36 bits per heavy atom. The Morgan fingerprint density at radius 2 is 1.93 bits per heavy atom. The molecule has 0 aromatic carbocycles. The number of piperidine rings is 1. The average Bonchev–Trinajstić information content (AvgIpc) is 3.04. The lowest BCUT2D eigenvalue weighted by atomic mass is 9.77. The van der Waals surface area contributed by atoms with Gasteiger partial charge in [0.25, 0.3) is 0 Å². The van der Waals surface area contributed by atoms with Crippen molar-refractivity contribution in [2.75, 3.05) is 26.2 Å². The van der Waals surface area contributed by atoms with Crippen LogP contribution >= 0.6 is 0 Å². The van der Waals surface area contributed by atoms with Crippen LogP contribution in [0.3, 0.4) is 0 Å². The summed E-state index contributed by atoms with van der Waals surface area (Å²) >= 11 is 0. The molecule has 2 heteroatoms. The molecule has 0 bridgehead atoms. The summed E-state index contributed by atoms with van der Waals surface area (Å²) in [6, 6.07) is 0. The first kappa shape index (κ1) is 10.4. The number of hydrogen-bond donors (Lipinski definition) is 1. The maximum Gasteiger partial charge on any atom is 0.0488 e. The topological polar surface area (TPSA) is 23.5 Å². The summed E-state index contributed by atoms with van der Waals surface area (Å²) in [5.74, 6) is 1.01. The third-order valence-corrected chi connectivity index (χ3v) is 4.22. The van der Waals surface area contributed by atoms with Crippen molar-refractivity contribution in [2.24, 2.45) is 11.3 Å². The van der Waals surface area contributed by atoms with Gasteiger partial charge in [0.1, 0.15) is 0 Å². The van der Waals surface area contributed by atoms with Gasteiger partial charge in [-0.05, 0) is 56.5 Å². The first-order valence-corrected chi connectivity index (χ1v) is 6.11. The van der Waals surface area contributed by atoms with Crippen LogP contribution in [0.1, 0.15) is 39.0 Å². The van der Waals surface area contributed by atoms with E-state index < -0.39 is 0 Å². The minimum atomic E-state index is 0.264. The zero-order valence-electron chi connectivity index (χ0n) is 9.34. The molecule has 1 saturated heterocycles. The molecule has 2 fully saturated rings. The smallest absolute Gasteiger partial charge is 0.0488 e. The van der Waals surface area contributed by atoms with E-state index >= 15 is 0 Å². The van der Waals surface area contributed by atoms with Gasteiger partial charge in [0, 0.05) is 13.2 Å². The molecule has 0 unspecified atom stereocenters. The molecule has 1 saturated carbocycles. The maximum atomic E-state index is 9.40. The van der Waals surface area contributed by atoms with Gasteiger partial charge in [0.2, 0.25) is 0 Å². The van der Waals surface area contributed by atoms with E-state index in [1.54, 1.807) is 0 Å². The first-order valence-electron chi connectivity index (χ1n) is 6.11. The lowest BCUT2D eigenvalue weighted by Gasteiger charge is -2.40. The van der Waals surface area contributed by atoms with Crippen LogP contribution in [0.2, 0.25) is 0 Å². The fraction of sp³-hybridized carbons (Fsp3) is 1.00. The number of nitrogens with zero attached hydrogens (tertiary/aromatic N) is 1. The number of hydrogen-bond acceptors (Lipinski definition) is 2. The fourth-order valence-electron chi connectivity index (χ4n) is 2.50. The summed E-state index contributed by atoms with van der Waals surface area (Å²) in [6.45, 7) is 6.36. The minimum absolute atomic E-state index is 0.264. The second-order valence-corrected chi connectivity index (χ2v) is 5.26. The lowest BCUT2D eigenvalue weighted by molar-refractivity contribution is 0.0394. The fourth-order valence-corrected chi connectivity index (χ4v) is 2.50. The summed E-state index contributed by atoms with van der Waals surface area (Å²) in [5, 5.41) is 9.40. The van der Waals surface area contributed by atoms with Gasteiger partial charge < -0.3 is 10.0 Å². The lowest BCUT2D eigenvalue weighted by Crippen LogP contribution is -2.42. The Morgan fingerprint density at radius 1 is 1.29 bits per heavy atom. The van der Waals surface area contributed by atoms with Gasteiger partial charge in [-0.3, -0.25) is 0 Å². The second kappa shape index (κ2) is 4.19. The Labute approximate surface area is 87.3 Å². The normalized spacial score (nSPS) is 27.9. The van der Waals surface area contributed by atoms with Crippen molar-refractivity contribution < 1.29 is 5.11 Å². The van der Waals surface area contributed by atoms with Crippen molar-refractivity contribution in [3.63, 3.8) is 0 Å². The summed E-state index contributed by atoms with van der Waals surface area (Å²) < 4.78 is 0. The second-order valence-electron chi connectivity index (χ2n) is 5.26. The van der Waals surface area contributed by atoms with Crippen LogP contribution in [0.15, 0.2) is 0 Å². The number of likely N-dealkylation sites (tertiary alicyclic amines) is 1. The largest absolute Gasteiger partial charge is 0.396 e. The third-order valence-electron chi connectivity index (χ3n) is 4.22. The van der Waals surface area contributed by atoms with Crippen LogP contribution < -0.4 is 0 Å². The molecule has 2 rings (SSSR count). The molecule has 14 heavy (non-hydrogen) atoms. The van der Waals surface area contributed by atoms with Gasteiger partial charge in [-0.15, -0.1) is 0 Å².